The van der Waals surface area contributed by atoms with Crippen LogP contribution in [0.25, 0.3) is 0 Å². The Kier molecular flexibility index (Phi) is 7.47. The van der Waals surface area contributed by atoms with Gasteiger partial charge in [0.25, 0.3) is 5.69 Å². The minimum Gasteiger partial charge on any atom is -0.493 e. The minimum absolute atomic E-state index is 0.0346. The molecule has 0 radical (unpaired) electrons. The maximum Gasteiger partial charge on any atom is 0.419 e. The summed E-state index contributed by atoms with van der Waals surface area (Å²) in [6, 6.07) is 2.19. The molecule has 0 aliphatic rings. The monoisotopic (exact) mass is 349 g/mol. The van der Waals surface area contributed by atoms with Gasteiger partial charge in [-0.15, -0.1) is 0 Å². The second-order valence-electron chi connectivity index (χ2n) is 4.90. The molecule has 1 aromatic carbocycles. The number of unbranched alkanes of at least 4 members (excludes halogenated alkanes) is 2. The van der Waals surface area contributed by atoms with Crippen LogP contribution in [0.1, 0.15) is 38.2 Å². The molecule has 0 fully saturated rings. The molecule has 6 nitrogen and oxygen atoms in total. The fourth-order valence-corrected chi connectivity index (χ4v) is 1.94. The van der Waals surface area contributed by atoms with E-state index in [1.54, 1.807) is 6.92 Å². The van der Waals surface area contributed by atoms with Gasteiger partial charge in [-0.25, -0.2) is 0 Å². The number of nitrogens with zero attached hydrogens (tertiary/aromatic N) is 1. The third kappa shape index (κ3) is 6.43. The lowest BCUT2D eigenvalue weighted by Crippen LogP contribution is -2.10. The standard InChI is InChI=1S/C15H18F3NO5/c1-2-23-14(20)6-4-3-5-9-24-13-10-11(19(21)22)7-8-12(13)15(16,17)18/h7-8,10H,2-6,9H2,1H3. The Bertz CT molecular complexity index is 575. The number of nitro benzene ring substituents is 1. The number of nitro groups is 1. The highest BCUT2D eigenvalue weighted by atomic mass is 19.4. The van der Waals surface area contributed by atoms with Gasteiger partial charge >= 0.3 is 12.1 Å². The Balaban J connectivity index is 2.55. The quantitative estimate of drug-likeness (QED) is 0.290. The zero-order chi connectivity index (χ0) is 18.2. The summed E-state index contributed by atoms with van der Waals surface area (Å²) >= 11 is 0. The molecule has 0 aliphatic heterocycles. The van der Waals surface area contributed by atoms with Crippen molar-refractivity contribution in [3.63, 3.8) is 0 Å². The van der Waals surface area contributed by atoms with Crippen molar-refractivity contribution in [2.45, 2.75) is 38.8 Å². The molecule has 134 valence electrons. The predicted octanol–water partition coefficient (Wildman–Crippen LogP) is 4.12. The maximum absolute atomic E-state index is 12.9. The predicted molar refractivity (Wildman–Crippen MR) is 78.7 cm³/mol. The number of rotatable bonds is 9. The lowest BCUT2D eigenvalue weighted by atomic mass is 10.1. The first-order valence-corrected chi connectivity index (χ1v) is 7.39. The molecule has 9 heteroatoms. The third-order valence-corrected chi connectivity index (χ3v) is 3.07. The zero-order valence-corrected chi connectivity index (χ0v) is 13.1. The van der Waals surface area contributed by atoms with Crippen molar-refractivity contribution < 1.29 is 32.4 Å². The van der Waals surface area contributed by atoms with Crippen LogP contribution in [0.3, 0.4) is 0 Å². The van der Waals surface area contributed by atoms with Crippen molar-refractivity contribution >= 4 is 11.7 Å². The van der Waals surface area contributed by atoms with Gasteiger partial charge in [0.05, 0.1) is 29.8 Å². The molecule has 0 aliphatic carbocycles. The van der Waals surface area contributed by atoms with Gasteiger partial charge in [0.15, 0.2) is 0 Å². The van der Waals surface area contributed by atoms with Gasteiger partial charge in [-0.1, -0.05) is 0 Å². The van der Waals surface area contributed by atoms with E-state index >= 15 is 0 Å². The van der Waals surface area contributed by atoms with Crippen molar-refractivity contribution in [2.75, 3.05) is 13.2 Å². The van der Waals surface area contributed by atoms with Crippen LogP contribution in [0.15, 0.2) is 18.2 Å². The average Bonchev–Trinajstić information content (AvgIpc) is 2.49. The number of hydrogen-bond donors (Lipinski definition) is 0. The van der Waals surface area contributed by atoms with E-state index in [1.165, 1.54) is 0 Å². The van der Waals surface area contributed by atoms with Crippen molar-refractivity contribution in [1.29, 1.82) is 0 Å². The van der Waals surface area contributed by atoms with Gasteiger partial charge in [0, 0.05) is 12.5 Å². The first-order chi connectivity index (χ1) is 11.3. The molecule has 24 heavy (non-hydrogen) atoms. The molecular weight excluding hydrogens is 331 g/mol. The molecule has 0 N–H and O–H groups in total. The lowest BCUT2D eigenvalue weighted by Gasteiger charge is -2.13. The minimum atomic E-state index is -4.66. The summed E-state index contributed by atoms with van der Waals surface area (Å²) < 4.78 is 48.4. The van der Waals surface area contributed by atoms with Crippen molar-refractivity contribution in [1.82, 2.24) is 0 Å². The molecule has 0 aromatic heterocycles. The first-order valence-electron chi connectivity index (χ1n) is 7.39. The molecule has 1 aromatic rings. The Labute approximate surface area is 136 Å². The fraction of sp³-hybridized carbons (Fsp3) is 0.533. The molecule has 0 atom stereocenters. The van der Waals surface area contributed by atoms with Crippen LogP contribution in [0.4, 0.5) is 18.9 Å². The number of ether oxygens (including phenoxy) is 2. The van der Waals surface area contributed by atoms with Crippen LogP contribution in [0, 0.1) is 10.1 Å². The summed E-state index contributed by atoms with van der Waals surface area (Å²) in [4.78, 5) is 21.0. The second kappa shape index (κ2) is 9.09. The highest BCUT2D eigenvalue weighted by Crippen LogP contribution is 2.38. The summed E-state index contributed by atoms with van der Waals surface area (Å²) in [5.74, 6) is -0.890. The summed E-state index contributed by atoms with van der Waals surface area (Å²) in [5, 5.41) is 10.7. The van der Waals surface area contributed by atoms with Crippen LogP contribution >= 0.6 is 0 Å². The van der Waals surface area contributed by atoms with Gasteiger partial charge in [0.2, 0.25) is 0 Å². The topological polar surface area (TPSA) is 78.7 Å². The zero-order valence-electron chi connectivity index (χ0n) is 13.1. The van der Waals surface area contributed by atoms with E-state index in [-0.39, 0.29) is 19.0 Å². The Morgan fingerprint density at radius 3 is 2.54 bits per heavy atom. The van der Waals surface area contributed by atoms with Gasteiger partial charge < -0.3 is 9.47 Å². The summed E-state index contributed by atoms with van der Waals surface area (Å²) in [5.41, 5.74) is -1.53. The van der Waals surface area contributed by atoms with E-state index in [1.807, 2.05) is 0 Å². The molecule has 0 spiro atoms. The molecule has 0 bridgehead atoms. The Morgan fingerprint density at radius 2 is 1.96 bits per heavy atom. The number of benzene rings is 1. The number of halogens is 3. The molecule has 0 amide bonds. The Morgan fingerprint density at radius 1 is 1.25 bits per heavy atom. The molecule has 0 saturated heterocycles. The number of non-ortho nitro benzene ring substituents is 1. The van der Waals surface area contributed by atoms with Gasteiger partial charge in [-0.05, 0) is 32.3 Å². The van der Waals surface area contributed by atoms with Gasteiger partial charge in [0.1, 0.15) is 5.75 Å². The SMILES string of the molecule is CCOC(=O)CCCCCOc1cc([N+](=O)[O-])ccc1C(F)(F)F. The number of esters is 1. The molecule has 1 rings (SSSR count). The summed E-state index contributed by atoms with van der Waals surface area (Å²) in [6.45, 7) is 1.96. The Hall–Kier alpha value is -2.32. The van der Waals surface area contributed by atoms with Crippen LogP contribution in [0.5, 0.6) is 5.75 Å². The smallest absolute Gasteiger partial charge is 0.419 e. The van der Waals surface area contributed by atoms with E-state index in [0.29, 0.717) is 31.9 Å². The average molecular weight is 349 g/mol. The fourth-order valence-electron chi connectivity index (χ4n) is 1.94. The molecule has 0 heterocycles. The van der Waals surface area contributed by atoms with Crippen LogP contribution < -0.4 is 4.74 Å². The highest BCUT2D eigenvalue weighted by Gasteiger charge is 2.35. The number of alkyl halides is 3. The molecule has 0 saturated carbocycles. The van der Waals surface area contributed by atoms with Crippen molar-refractivity contribution in [3.05, 3.63) is 33.9 Å². The third-order valence-electron chi connectivity index (χ3n) is 3.07. The maximum atomic E-state index is 12.9. The summed E-state index contributed by atoms with van der Waals surface area (Å²) in [6.07, 6.45) is -2.91. The number of carbonyl (C=O) groups is 1. The molecular formula is C15H18F3NO5. The summed E-state index contributed by atoms with van der Waals surface area (Å²) in [7, 11) is 0. The van der Waals surface area contributed by atoms with E-state index in [4.69, 9.17) is 9.47 Å². The first kappa shape index (κ1) is 19.7. The van der Waals surface area contributed by atoms with Crippen LogP contribution in [-0.4, -0.2) is 24.1 Å². The van der Waals surface area contributed by atoms with Crippen LogP contribution in [-0.2, 0) is 15.7 Å². The lowest BCUT2D eigenvalue weighted by molar-refractivity contribution is -0.385. The van der Waals surface area contributed by atoms with Gasteiger partial charge in [-0.3, -0.25) is 14.9 Å². The highest BCUT2D eigenvalue weighted by molar-refractivity contribution is 5.69. The van der Waals surface area contributed by atoms with E-state index in [9.17, 15) is 28.1 Å². The van der Waals surface area contributed by atoms with E-state index < -0.39 is 28.1 Å². The van der Waals surface area contributed by atoms with Crippen molar-refractivity contribution in [2.24, 2.45) is 0 Å². The van der Waals surface area contributed by atoms with E-state index in [0.717, 1.165) is 12.1 Å². The number of carbonyl (C=O) groups excluding carboxylic acids is 1. The normalized spacial score (nSPS) is 11.2. The van der Waals surface area contributed by atoms with Gasteiger partial charge in [-0.2, -0.15) is 13.2 Å². The van der Waals surface area contributed by atoms with E-state index in [2.05, 4.69) is 0 Å². The van der Waals surface area contributed by atoms with Crippen molar-refractivity contribution in [3.8, 4) is 5.75 Å². The largest absolute Gasteiger partial charge is 0.493 e. The van der Waals surface area contributed by atoms with Crippen LogP contribution in [0.2, 0.25) is 0 Å². The second-order valence-corrected chi connectivity index (χ2v) is 4.90. The molecule has 0 unspecified atom stereocenters. The number of hydrogen-bond acceptors (Lipinski definition) is 5.